The summed E-state index contributed by atoms with van der Waals surface area (Å²) in [5, 5.41) is 6.31. The van der Waals surface area contributed by atoms with Crippen molar-refractivity contribution in [2.45, 2.75) is 26.2 Å². The Morgan fingerprint density at radius 2 is 1.72 bits per heavy atom. The summed E-state index contributed by atoms with van der Waals surface area (Å²) >= 11 is 0. The maximum absolute atomic E-state index is 12.2. The van der Waals surface area contributed by atoms with Gasteiger partial charge >= 0.3 is 0 Å². The van der Waals surface area contributed by atoms with E-state index in [0.29, 0.717) is 19.6 Å². The molecule has 2 heterocycles. The van der Waals surface area contributed by atoms with Crippen molar-refractivity contribution in [1.29, 1.82) is 0 Å². The Labute approximate surface area is 188 Å². The molecule has 1 aliphatic heterocycles. The van der Waals surface area contributed by atoms with Crippen LogP contribution in [-0.4, -0.2) is 42.2 Å². The van der Waals surface area contributed by atoms with Crippen molar-refractivity contribution < 1.29 is 9.53 Å². The van der Waals surface area contributed by atoms with Gasteiger partial charge in [0.2, 0.25) is 5.91 Å². The highest BCUT2D eigenvalue weighted by Crippen LogP contribution is 2.22. The van der Waals surface area contributed by atoms with E-state index < -0.39 is 0 Å². The second kappa shape index (κ2) is 10.7. The second-order valence-corrected chi connectivity index (χ2v) is 7.85. The van der Waals surface area contributed by atoms with Gasteiger partial charge in [-0.1, -0.05) is 30.3 Å². The number of nitrogens with one attached hydrogen (secondary N) is 2. The van der Waals surface area contributed by atoms with E-state index in [1.807, 2.05) is 55.5 Å². The lowest BCUT2D eigenvalue weighted by atomic mass is 10.1. The molecule has 0 atom stereocenters. The van der Waals surface area contributed by atoms with Crippen molar-refractivity contribution >= 4 is 28.9 Å². The van der Waals surface area contributed by atoms with Gasteiger partial charge in [0.25, 0.3) is 0 Å². The first-order chi connectivity index (χ1) is 15.7. The van der Waals surface area contributed by atoms with E-state index >= 15 is 0 Å². The quantitative estimate of drug-likeness (QED) is 0.553. The van der Waals surface area contributed by atoms with Gasteiger partial charge in [0.15, 0.2) is 0 Å². The van der Waals surface area contributed by atoms with Crippen molar-refractivity contribution in [1.82, 2.24) is 9.97 Å². The van der Waals surface area contributed by atoms with Gasteiger partial charge in [-0.25, -0.2) is 9.97 Å². The van der Waals surface area contributed by atoms with Crippen LogP contribution < -0.4 is 15.5 Å². The van der Waals surface area contributed by atoms with E-state index in [4.69, 9.17) is 4.74 Å². The average Bonchev–Trinajstić information content (AvgIpc) is 2.81. The molecule has 0 spiro atoms. The number of carbonyl (C=O) groups is 1. The summed E-state index contributed by atoms with van der Waals surface area (Å²) in [5.74, 6) is 2.40. The smallest absolute Gasteiger partial charge is 0.224 e. The Kier molecular flexibility index (Phi) is 7.30. The van der Waals surface area contributed by atoms with Gasteiger partial charge in [-0.2, -0.15) is 0 Å². The third-order valence-electron chi connectivity index (χ3n) is 5.31. The summed E-state index contributed by atoms with van der Waals surface area (Å²) in [5.41, 5.74) is 2.94. The van der Waals surface area contributed by atoms with Crippen molar-refractivity contribution in [3.05, 3.63) is 72.1 Å². The normalized spacial score (nSPS) is 13.6. The lowest BCUT2D eigenvalue weighted by Gasteiger charge is -2.28. The summed E-state index contributed by atoms with van der Waals surface area (Å²) in [6.07, 6.45) is 2.23. The van der Waals surface area contributed by atoms with Gasteiger partial charge < -0.3 is 20.3 Å². The maximum atomic E-state index is 12.2. The molecule has 1 aliphatic rings. The molecular formula is C25H29N5O2. The molecule has 4 rings (SSSR count). The molecule has 1 fully saturated rings. The summed E-state index contributed by atoms with van der Waals surface area (Å²) in [4.78, 5) is 23.5. The first kappa shape index (κ1) is 21.8. The Morgan fingerprint density at radius 1 is 1.00 bits per heavy atom. The van der Waals surface area contributed by atoms with Crippen LogP contribution in [0.25, 0.3) is 0 Å². The summed E-state index contributed by atoms with van der Waals surface area (Å²) in [6.45, 7) is 4.98. The summed E-state index contributed by atoms with van der Waals surface area (Å²) < 4.78 is 5.43. The Balaban J connectivity index is 1.30. The van der Waals surface area contributed by atoms with Crippen molar-refractivity contribution in [2.24, 2.45) is 0 Å². The SMILES string of the molecule is Cc1nc(Nc2ccc(NC(=O)CCCc3ccccc3)cc2)cc(N2CCOCC2)n1. The molecule has 0 unspecified atom stereocenters. The van der Waals surface area contributed by atoms with Crippen molar-refractivity contribution in [2.75, 3.05) is 41.8 Å². The number of aryl methyl sites for hydroxylation is 2. The third-order valence-corrected chi connectivity index (χ3v) is 5.31. The fourth-order valence-corrected chi connectivity index (χ4v) is 3.68. The number of benzene rings is 2. The zero-order valence-corrected chi connectivity index (χ0v) is 18.4. The molecule has 0 aliphatic carbocycles. The molecule has 166 valence electrons. The van der Waals surface area contributed by atoms with Crippen LogP contribution in [0.5, 0.6) is 0 Å². The van der Waals surface area contributed by atoms with Crippen LogP contribution in [-0.2, 0) is 16.0 Å². The topological polar surface area (TPSA) is 79.4 Å². The fraction of sp³-hybridized carbons (Fsp3) is 0.320. The predicted molar refractivity (Wildman–Crippen MR) is 128 cm³/mol. The zero-order chi connectivity index (χ0) is 22.2. The minimum atomic E-state index is 0.0308. The zero-order valence-electron chi connectivity index (χ0n) is 18.4. The number of hydrogen-bond donors (Lipinski definition) is 2. The number of ether oxygens (including phenoxy) is 1. The van der Waals surface area contributed by atoms with E-state index in [1.54, 1.807) is 0 Å². The number of hydrogen-bond acceptors (Lipinski definition) is 6. The van der Waals surface area contributed by atoms with Crippen LogP contribution in [0.1, 0.15) is 24.2 Å². The standard InChI is InChI=1S/C25H29N5O2/c1-19-26-23(18-24(27-19)30-14-16-32-17-15-30)28-21-10-12-22(13-11-21)29-25(31)9-5-8-20-6-3-2-4-7-20/h2-4,6-7,10-13,18H,5,8-9,14-17H2,1H3,(H,29,31)(H,26,27,28). The van der Waals surface area contributed by atoms with Crippen LogP contribution in [0, 0.1) is 6.92 Å². The molecule has 7 nitrogen and oxygen atoms in total. The van der Waals surface area contributed by atoms with E-state index in [-0.39, 0.29) is 5.91 Å². The van der Waals surface area contributed by atoms with Crippen molar-refractivity contribution in [3.8, 4) is 0 Å². The van der Waals surface area contributed by atoms with Gasteiger partial charge in [0.1, 0.15) is 17.5 Å². The number of aromatic nitrogens is 2. The lowest BCUT2D eigenvalue weighted by molar-refractivity contribution is -0.116. The first-order valence-corrected chi connectivity index (χ1v) is 11.0. The average molecular weight is 432 g/mol. The third kappa shape index (κ3) is 6.28. The highest BCUT2D eigenvalue weighted by Gasteiger charge is 2.14. The van der Waals surface area contributed by atoms with Gasteiger partial charge in [-0.15, -0.1) is 0 Å². The van der Waals surface area contributed by atoms with Crippen LogP contribution in [0.2, 0.25) is 0 Å². The number of carbonyl (C=O) groups excluding carboxylic acids is 1. The monoisotopic (exact) mass is 431 g/mol. The lowest BCUT2D eigenvalue weighted by Crippen LogP contribution is -2.36. The minimum absolute atomic E-state index is 0.0308. The molecule has 32 heavy (non-hydrogen) atoms. The summed E-state index contributed by atoms with van der Waals surface area (Å²) in [7, 11) is 0. The molecule has 7 heteroatoms. The molecule has 2 aromatic carbocycles. The fourth-order valence-electron chi connectivity index (χ4n) is 3.68. The van der Waals surface area contributed by atoms with E-state index in [1.165, 1.54) is 5.56 Å². The number of rotatable bonds is 8. The van der Waals surface area contributed by atoms with Crippen molar-refractivity contribution in [3.63, 3.8) is 0 Å². The predicted octanol–water partition coefficient (Wildman–Crippen LogP) is 4.33. The molecule has 2 N–H and O–H groups in total. The molecule has 1 aromatic heterocycles. The Hall–Kier alpha value is -3.45. The number of morpholine rings is 1. The molecule has 0 bridgehead atoms. The van der Waals surface area contributed by atoms with E-state index in [0.717, 1.165) is 54.8 Å². The Bertz CT molecular complexity index is 1020. The number of anilines is 4. The minimum Gasteiger partial charge on any atom is -0.378 e. The maximum Gasteiger partial charge on any atom is 0.224 e. The molecule has 0 radical (unpaired) electrons. The van der Waals surface area contributed by atoms with Gasteiger partial charge in [0.05, 0.1) is 13.2 Å². The molecule has 3 aromatic rings. The van der Waals surface area contributed by atoms with Gasteiger partial charge in [-0.05, 0) is 49.6 Å². The first-order valence-electron chi connectivity index (χ1n) is 11.0. The van der Waals surface area contributed by atoms with Gasteiger partial charge in [0, 0.05) is 37.0 Å². The molecule has 1 saturated heterocycles. The number of nitrogens with zero attached hydrogens (tertiary/aromatic N) is 3. The highest BCUT2D eigenvalue weighted by atomic mass is 16.5. The second-order valence-electron chi connectivity index (χ2n) is 7.85. The van der Waals surface area contributed by atoms with E-state index in [2.05, 4.69) is 37.6 Å². The molecule has 1 amide bonds. The Morgan fingerprint density at radius 3 is 2.47 bits per heavy atom. The molecule has 0 saturated carbocycles. The van der Waals surface area contributed by atoms with Crippen LogP contribution in [0.3, 0.4) is 0 Å². The van der Waals surface area contributed by atoms with Crippen LogP contribution >= 0.6 is 0 Å². The summed E-state index contributed by atoms with van der Waals surface area (Å²) in [6, 6.07) is 19.9. The van der Waals surface area contributed by atoms with Crippen LogP contribution in [0.15, 0.2) is 60.7 Å². The highest BCUT2D eigenvalue weighted by molar-refractivity contribution is 5.90. The number of amides is 1. The van der Waals surface area contributed by atoms with Gasteiger partial charge in [-0.3, -0.25) is 4.79 Å². The molecular weight excluding hydrogens is 402 g/mol. The largest absolute Gasteiger partial charge is 0.378 e. The van der Waals surface area contributed by atoms with E-state index in [9.17, 15) is 4.79 Å². The van der Waals surface area contributed by atoms with Crippen LogP contribution in [0.4, 0.5) is 23.0 Å².